The van der Waals surface area contributed by atoms with Gasteiger partial charge in [-0.15, -0.1) is 0 Å². The van der Waals surface area contributed by atoms with E-state index in [4.69, 9.17) is 9.47 Å². The van der Waals surface area contributed by atoms with Crippen molar-refractivity contribution in [1.29, 1.82) is 0 Å². The number of para-hydroxylation sites is 1. The largest absolute Gasteiger partial charge is 0.493 e. The lowest BCUT2D eigenvalue weighted by Gasteiger charge is -2.14. The van der Waals surface area contributed by atoms with Crippen molar-refractivity contribution in [3.63, 3.8) is 0 Å². The molecule has 5 heteroatoms. The maximum Gasteiger partial charge on any atom is 0.311 e. The van der Waals surface area contributed by atoms with Gasteiger partial charge in [-0.3, -0.25) is 9.59 Å². The molecule has 3 aromatic rings. The first-order valence-corrected chi connectivity index (χ1v) is 12.4. The topological polar surface area (TPSA) is 64.6 Å². The van der Waals surface area contributed by atoms with E-state index in [9.17, 15) is 9.59 Å². The molecule has 0 aromatic heterocycles. The molecule has 0 bridgehead atoms. The van der Waals surface area contributed by atoms with E-state index < -0.39 is 0 Å². The molecular formula is C30H35NO4. The first-order valence-electron chi connectivity index (χ1n) is 12.4. The number of amides is 1. The molecule has 0 heterocycles. The highest BCUT2D eigenvalue weighted by Crippen LogP contribution is 2.24. The van der Waals surface area contributed by atoms with Crippen LogP contribution >= 0.6 is 0 Å². The van der Waals surface area contributed by atoms with Gasteiger partial charge in [-0.05, 0) is 86.9 Å². The smallest absolute Gasteiger partial charge is 0.311 e. The number of aryl methyl sites for hydroxylation is 1. The van der Waals surface area contributed by atoms with Crippen LogP contribution < -0.4 is 14.8 Å². The Balaban J connectivity index is 1.36. The zero-order chi connectivity index (χ0) is 24.9. The molecule has 3 rings (SSSR count). The molecule has 0 aliphatic heterocycles. The minimum atomic E-state index is -0.306. The second-order valence-corrected chi connectivity index (χ2v) is 8.65. The van der Waals surface area contributed by atoms with E-state index in [1.165, 1.54) is 5.56 Å². The number of carbonyl (C=O) groups excluding carboxylic acids is 2. The number of ether oxygens (including phenoxy) is 2. The van der Waals surface area contributed by atoms with Gasteiger partial charge < -0.3 is 14.8 Å². The summed E-state index contributed by atoms with van der Waals surface area (Å²) >= 11 is 0. The zero-order valence-electron chi connectivity index (χ0n) is 20.7. The lowest BCUT2D eigenvalue weighted by Crippen LogP contribution is -2.26. The minimum Gasteiger partial charge on any atom is -0.493 e. The second-order valence-electron chi connectivity index (χ2n) is 8.65. The Morgan fingerprint density at radius 2 is 1.49 bits per heavy atom. The molecule has 184 valence electrons. The number of rotatable bonds is 13. The third-order valence-corrected chi connectivity index (χ3v) is 6.01. The normalized spacial score (nSPS) is 10.6. The fourth-order valence-electron chi connectivity index (χ4n) is 3.83. The molecule has 0 aliphatic rings. The van der Waals surface area contributed by atoms with Crippen molar-refractivity contribution < 1.29 is 19.1 Å². The summed E-state index contributed by atoms with van der Waals surface area (Å²) in [7, 11) is 0. The van der Waals surface area contributed by atoms with Gasteiger partial charge in [0, 0.05) is 18.5 Å². The number of nitrogens with one attached hydrogen (secondary N) is 1. The third kappa shape index (κ3) is 8.60. The van der Waals surface area contributed by atoms with Crippen molar-refractivity contribution in [1.82, 2.24) is 5.32 Å². The van der Waals surface area contributed by atoms with Crippen molar-refractivity contribution in [2.45, 2.75) is 52.4 Å². The van der Waals surface area contributed by atoms with Gasteiger partial charge in [-0.25, -0.2) is 0 Å². The van der Waals surface area contributed by atoms with Gasteiger partial charge in [-0.1, -0.05) is 48.5 Å². The molecule has 0 saturated carbocycles. The number of unbranched alkanes of at least 4 members (excludes halogenated alkanes) is 2. The predicted octanol–water partition coefficient (Wildman–Crippen LogP) is 6.21. The van der Waals surface area contributed by atoms with E-state index in [0.29, 0.717) is 30.9 Å². The summed E-state index contributed by atoms with van der Waals surface area (Å²) in [4.78, 5) is 24.6. The highest BCUT2D eigenvalue weighted by molar-refractivity contribution is 5.96. The predicted molar refractivity (Wildman–Crippen MR) is 139 cm³/mol. The Kier molecular flexibility index (Phi) is 10.4. The maximum atomic E-state index is 12.6. The van der Waals surface area contributed by atoms with Crippen LogP contribution in [0.2, 0.25) is 0 Å². The van der Waals surface area contributed by atoms with Crippen LogP contribution in [0.5, 0.6) is 11.5 Å². The highest BCUT2D eigenvalue weighted by atomic mass is 16.5. The first kappa shape index (κ1) is 26.0. The Hall–Kier alpha value is -3.60. The fraction of sp³-hybridized carbons (Fsp3) is 0.333. The van der Waals surface area contributed by atoms with Crippen LogP contribution in [0.15, 0.2) is 72.8 Å². The van der Waals surface area contributed by atoms with Gasteiger partial charge in [0.25, 0.3) is 5.91 Å². The summed E-state index contributed by atoms with van der Waals surface area (Å²) in [6, 6.07) is 23.2. The standard InChI is InChI=1S/C30H35NO4/c1-23-24(2)28(34-22-11-5-8-15-25-13-6-3-7-14-25)20-19-27(23)30(33)31-21-12-18-29(32)35-26-16-9-4-10-17-26/h3-4,6-7,9-10,13-14,16-17,19-20H,5,8,11-12,15,18,21-22H2,1-2H3,(H,31,33). The third-order valence-electron chi connectivity index (χ3n) is 6.01. The van der Waals surface area contributed by atoms with Crippen LogP contribution in [0, 0.1) is 13.8 Å². The summed E-state index contributed by atoms with van der Waals surface area (Å²) in [6.07, 6.45) is 5.12. The van der Waals surface area contributed by atoms with Crippen molar-refractivity contribution in [2.75, 3.05) is 13.2 Å². The van der Waals surface area contributed by atoms with Gasteiger partial charge in [0.2, 0.25) is 0 Å². The summed E-state index contributed by atoms with van der Waals surface area (Å²) in [5.41, 5.74) is 3.89. The van der Waals surface area contributed by atoms with Crippen molar-refractivity contribution in [3.05, 3.63) is 95.1 Å². The quantitative estimate of drug-likeness (QED) is 0.182. The average Bonchev–Trinajstić information content (AvgIpc) is 2.87. The minimum absolute atomic E-state index is 0.144. The molecule has 0 spiro atoms. The van der Waals surface area contributed by atoms with Crippen LogP contribution in [0.1, 0.15) is 59.2 Å². The van der Waals surface area contributed by atoms with Crippen molar-refractivity contribution in [2.24, 2.45) is 0 Å². The second kappa shape index (κ2) is 14.0. The number of carbonyl (C=O) groups is 2. The van der Waals surface area contributed by atoms with E-state index in [2.05, 4.69) is 29.6 Å². The molecule has 0 fully saturated rings. The van der Waals surface area contributed by atoms with Crippen LogP contribution in [-0.4, -0.2) is 25.0 Å². The number of hydrogen-bond donors (Lipinski definition) is 1. The summed E-state index contributed by atoms with van der Waals surface area (Å²) in [5.74, 6) is 0.904. The molecule has 5 nitrogen and oxygen atoms in total. The Morgan fingerprint density at radius 1 is 0.771 bits per heavy atom. The SMILES string of the molecule is Cc1c(OCCCCCc2ccccc2)ccc(C(=O)NCCCC(=O)Oc2ccccc2)c1C. The molecule has 3 aromatic carbocycles. The van der Waals surface area contributed by atoms with Crippen molar-refractivity contribution >= 4 is 11.9 Å². The summed E-state index contributed by atoms with van der Waals surface area (Å²) in [5, 5.41) is 2.90. The van der Waals surface area contributed by atoms with Crippen LogP contribution in [0.4, 0.5) is 0 Å². The molecule has 1 N–H and O–H groups in total. The zero-order valence-corrected chi connectivity index (χ0v) is 20.7. The van der Waals surface area contributed by atoms with Gasteiger partial charge in [0.05, 0.1) is 6.61 Å². The number of hydrogen-bond acceptors (Lipinski definition) is 4. The van der Waals surface area contributed by atoms with Crippen molar-refractivity contribution in [3.8, 4) is 11.5 Å². The number of esters is 1. The average molecular weight is 474 g/mol. The maximum absolute atomic E-state index is 12.6. The molecule has 0 radical (unpaired) electrons. The van der Waals surface area contributed by atoms with Gasteiger partial charge in [0.15, 0.2) is 0 Å². The Labute approximate surface area is 208 Å². The lowest BCUT2D eigenvalue weighted by atomic mass is 10.0. The Morgan fingerprint density at radius 3 is 2.23 bits per heavy atom. The number of benzene rings is 3. The molecule has 0 unspecified atom stereocenters. The molecule has 0 aliphatic carbocycles. The molecule has 1 amide bonds. The van der Waals surface area contributed by atoms with Gasteiger partial charge in [-0.2, -0.15) is 0 Å². The van der Waals surface area contributed by atoms with E-state index in [1.807, 2.05) is 50.2 Å². The first-order chi connectivity index (χ1) is 17.0. The van der Waals surface area contributed by atoms with E-state index >= 15 is 0 Å². The van der Waals surface area contributed by atoms with E-state index in [-0.39, 0.29) is 18.3 Å². The molecule has 0 atom stereocenters. The van der Waals surface area contributed by atoms with Crippen LogP contribution in [-0.2, 0) is 11.2 Å². The molecular weight excluding hydrogens is 438 g/mol. The molecule has 0 saturated heterocycles. The van der Waals surface area contributed by atoms with Gasteiger partial charge >= 0.3 is 5.97 Å². The van der Waals surface area contributed by atoms with E-state index in [1.54, 1.807) is 12.1 Å². The van der Waals surface area contributed by atoms with Crippen LogP contribution in [0.25, 0.3) is 0 Å². The summed E-state index contributed by atoms with van der Waals surface area (Å²) in [6.45, 7) is 4.99. The monoisotopic (exact) mass is 473 g/mol. The van der Waals surface area contributed by atoms with Gasteiger partial charge in [0.1, 0.15) is 11.5 Å². The highest BCUT2D eigenvalue weighted by Gasteiger charge is 2.14. The fourth-order valence-corrected chi connectivity index (χ4v) is 3.83. The Bertz CT molecular complexity index is 1080. The van der Waals surface area contributed by atoms with E-state index in [0.717, 1.165) is 42.6 Å². The summed E-state index contributed by atoms with van der Waals surface area (Å²) < 4.78 is 11.3. The lowest BCUT2D eigenvalue weighted by molar-refractivity contribution is -0.134. The molecule has 35 heavy (non-hydrogen) atoms. The van der Waals surface area contributed by atoms with Crippen LogP contribution in [0.3, 0.4) is 0 Å².